The Hall–Kier alpha value is -2.11. The van der Waals surface area contributed by atoms with Gasteiger partial charge in [0.1, 0.15) is 5.75 Å². The molecule has 2 aromatic carbocycles. The second kappa shape index (κ2) is 7.25. The van der Waals surface area contributed by atoms with E-state index >= 15 is 0 Å². The molecule has 2 heterocycles. The number of carboxylic acids is 1. The van der Waals surface area contributed by atoms with E-state index in [4.69, 9.17) is 9.47 Å². The van der Waals surface area contributed by atoms with E-state index in [9.17, 15) is 9.90 Å². The topological polar surface area (TPSA) is 59.0 Å². The Kier molecular flexibility index (Phi) is 4.83. The maximum absolute atomic E-state index is 12.0. The predicted octanol–water partition coefficient (Wildman–Crippen LogP) is 3.17. The van der Waals surface area contributed by atoms with Crippen LogP contribution < -0.4 is 4.74 Å². The molecule has 2 aliphatic rings. The van der Waals surface area contributed by atoms with Crippen LogP contribution in [-0.2, 0) is 9.53 Å². The summed E-state index contributed by atoms with van der Waals surface area (Å²) < 4.78 is 11.5. The lowest BCUT2D eigenvalue weighted by Gasteiger charge is -2.39. The first kappa shape index (κ1) is 17.3. The Labute approximate surface area is 153 Å². The smallest absolute Gasteiger partial charge is 0.348 e. The summed E-state index contributed by atoms with van der Waals surface area (Å²) >= 11 is 0. The Balaban J connectivity index is 1.45. The largest absolute Gasteiger partial charge is 0.478 e. The highest BCUT2D eigenvalue weighted by Gasteiger charge is 2.44. The molecule has 0 aromatic heterocycles. The molecule has 0 bridgehead atoms. The SMILES string of the molecule is O=C(O)C1(Oc2ccc3ccccc3c2)CCN(C[C@@H]2CCOC2)CC1. The fourth-order valence-corrected chi connectivity index (χ4v) is 4.01. The van der Waals surface area contributed by atoms with Crippen LogP contribution in [0, 0.1) is 5.92 Å². The third-order valence-corrected chi connectivity index (χ3v) is 5.63. The number of likely N-dealkylation sites (tertiary alicyclic amines) is 1. The molecule has 5 nitrogen and oxygen atoms in total. The molecule has 2 saturated heterocycles. The molecule has 2 fully saturated rings. The van der Waals surface area contributed by atoms with E-state index in [1.54, 1.807) is 0 Å². The number of ether oxygens (including phenoxy) is 2. The monoisotopic (exact) mass is 355 g/mol. The third-order valence-electron chi connectivity index (χ3n) is 5.63. The van der Waals surface area contributed by atoms with Crippen molar-refractivity contribution in [2.24, 2.45) is 5.92 Å². The molecule has 0 radical (unpaired) electrons. The molecule has 138 valence electrons. The van der Waals surface area contributed by atoms with Crippen molar-refractivity contribution in [2.75, 3.05) is 32.8 Å². The van der Waals surface area contributed by atoms with Crippen LogP contribution >= 0.6 is 0 Å². The molecular weight excluding hydrogens is 330 g/mol. The molecule has 0 amide bonds. The van der Waals surface area contributed by atoms with Crippen molar-refractivity contribution in [3.63, 3.8) is 0 Å². The standard InChI is InChI=1S/C21H25NO4/c23-20(24)21(8-10-22(11-9-21)14-16-7-12-25-15-16)26-19-6-5-17-3-1-2-4-18(17)13-19/h1-6,13,16H,7-12,14-15H2,(H,23,24)/t16-/m0/s1. The molecule has 4 rings (SSSR count). The van der Waals surface area contributed by atoms with Gasteiger partial charge in [-0.05, 0) is 35.2 Å². The first-order valence-corrected chi connectivity index (χ1v) is 9.36. The zero-order valence-corrected chi connectivity index (χ0v) is 14.9. The second-order valence-corrected chi connectivity index (χ2v) is 7.44. The average Bonchev–Trinajstić information content (AvgIpc) is 3.16. The number of nitrogens with zero attached hydrogens (tertiary/aromatic N) is 1. The fourth-order valence-electron chi connectivity index (χ4n) is 4.01. The summed E-state index contributed by atoms with van der Waals surface area (Å²) in [7, 11) is 0. The first-order chi connectivity index (χ1) is 12.6. The number of fused-ring (bicyclic) bond motifs is 1. The van der Waals surface area contributed by atoms with E-state index in [1.165, 1.54) is 0 Å². The van der Waals surface area contributed by atoms with Gasteiger partial charge in [-0.25, -0.2) is 4.79 Å². The highest BCUT2D eigenvalue weighted by atomic mass is 16.5. The summed E-state index contributed by atoms with van der Waals surface area (Å²) in [6.07, 6.45) is 2.11. The van der Waals surface area contributed by atoms with Gasteiger partial charge >= 0.3 is 5.97 Å². The summed E-state index contributed by atoms with van der Waals surface area (Å²) in [4.78, 5) is 14.4. The Morgan fingerprint density at radius 2 is 1.96 bits per heavy atom. The number of carboxylic acid groups (broad SMARTS) is 1. The van der Waals surface area contributed by atoms with E-state index in [0.717, 1.165) is 50.0 Å². The van der Waals surface area contributed by atoms with Crippen molar-refractivity contribution in [3.05, 3.63) is 42.5 Å². The Morgan fingerprint density at radius 3 is 2.65 bits per heavy atom. The average molecular weight is 355 g/mol. The van der Waals surface area contributed by atoms with Crippen LogP contribution in [0.2, 0.25) is 0 Å². The third kappa shape index (κ3) is 3.55. The van der Waals surface area contributed by atoms with Crippen LogP contribution in [0.25, 0.3) is 10.8 Å². The van der Waals surface area contributed by atoms with Gasteiger partial charge in [-0.2, -0.15) is 0 Å². The van der Waals surface area contributed by atoms with Gasteiger partial charge in [0, 0.05) is 39.1 Å². The molecule has 0 spiro atoms. The zero-order valence-electron chi connectivity index (χ0n) is 14.9. The molecule has 5 heteroatoms. The van der Waals surface area contributed by atoms with E-state index in [2.05, 4.69) is 4.90 Å². The first-order valence-electron chi connectivity index (χ1n) is 9.36. The quantitative estimate of drug-likeness (QED) is 0.893. The van der Waals surface area contributed by atoms with E-state index in [0.29, 0.717) is 24.5 Å². The highest BCUT2D eigenvalue weighted by Crippen LogP contribution is 2.31. The van der Waals surface area contributed by atoms with Crippen LogP contribution in [0.3, 0.4) is 0 Å². The second-order valence-electron chi connectivity index (χ2n) is 7.44. The van der Waals surface area contributed by atoms with E-state index in [1.807, 2.05) is 42.5 Å². The molecule has 0 aliphatic carbocycles. The molecule has 1 N–H and O–H groups in total. The number of aliphatic carboxylic acids is 1. The zero-order chi connectivity index (χ0) is 18.0. The minimum atomic E-state index is -1.13. The highest BCUT2D eigenvalue weighted by molar-refractivity contribution is 5.84. The predicted molar refractivity (Wildman–Crippen MR) is 99.5 cm³/mol. The van der Waals surface area contributed by atoms with Crippen molar-refractivity contribution in [1.29, 1.82) is 0 Å². The normalized spacial score (nSPS) is 23.2. The van der Waals surface area contributed by atoms with E-state index < -0.39 is 11.6 Å². The summed E-state index contributed by atoms with van der Waals surface area (Å²) in [5.74, 6) is 0.340. The van der Waals surface area contributed by atoms with Crippen molar-refractivity contribution in [2.45, 2.75) is 24.9 Å². The Morgan fingerprint density at radius 1 is 1.19 bits per heavy atom. The van der Waals surface area contributed by atoms with Gasteiger partial charge < -0.3 is 19.5 Å². The summed E-state index contributed by atoms with van der Waals surface area (Å²) in [5, 5.41) is 12.1. The summed E-state index contributed by atoms with van der Waals surface area (Å²) in [5.41, 5.74) is -1.13. The molecule has 1 atom stereocenters. The summed E-state index contributed by atoms with van der Waals surface area (Å²) in [6, 6.07) is 13.8. The van der Waals surface area contributed by atoms with Gasteiger partial charge in [0.2, 0.25) is 5.60 Å². The van der Waals surface area contributed by atoms with Crippen molar-refractivity contribution in [3.8, 4) is 5.75 Å². The van der Waals surface area contributed by atoms with Crippen LogP contribution in [0.4, 0.5) is 0 Å². The molecule has 0 unspecified atom stereocenters. The lowest BCUT2D eigenvalue weighted by Crippen LogP contribution is -2.53. The summed E-state index contributed by atoms with van der Waals surface area (Å²) in [6.45, 7) is 4.16. The van der Waals surface area contributed by atoms with Crippen molar-refractivity contribution >= 4 is 16.7 Å². The van der Waals surface area contributed by atoms with Crippen LogP contribution in [-0.4, -0.2) is 54.4 Å². The molecule has 2 aromatic rings. The van der Waals surface area contributed by atoms with Gasteiger partial charge in [-0.3, -0.25) is 0 Å². The number of piperidine rings is 1. The maximum atomic E-state index is 12.0. The number of carbonyl (C=O) groups is 1. The van der Waals surface area contributed by atoms with Gasteiger partial charge in [0.25, 0.3) is 0 Å². The molecule has 26 heavy (non-hydrogen) atoms. The van der Waals surface area contributed by atoms with Crippen LogP contribution in [0.15, 0.2) is 42.5 Å². The van der Waals surface area contributed by atoms with Crippen molar-refractivity contribution in [1.82, 2.24) is 4.90 Å². The number of hydrogen-bond donors (Lipinski definition) is 1. The van der Waals surface area contributed by atoms with Gasteiger partial charge in [0.05, 0.1) is 6.61 Å². The lowest BCUT2D eigenvalue weighted by atomic mass is 9.90. The fraction of sp³-hybridized carbons (Fsp3) is 0.476. The maximum Gasteiger partial charge on any atom is 0.348 e. The lowest BCUT2D eigenvalue weighted by molar-refractivity contribution is -0.159. The molecule has 0 saturated carbocycles. The number of benzene rings is 2. The minimum Gasteiger partial charge on any atom is -0.478 e. The van der Waals surface area contributed by atoms with Crippen molar-refractivity contribution < 1.29 is 19.4 Å². The van der Waals surface area contributed by atoms with E-state index in [-0.39, 0.29) is 0 Å². The molecule has 2 aliphatic heterocycles. The number of rotatable bonds is 5. The van der Waals surface area contributed by atoms with Crippen LogP contribution in [0.5, 0.6) is 5.75 Å². The minimum absolute atomic E-state index is 0.503. The molecular formula is C21H25NO4. The van der Waals surface area contributed by atoms with Gasteiger partial charge in [0.15, 0.2) is 0 Å². The number of hydrogen-bond acceptors (Lipinski definition) is 4. The van der Waals surface area contributed by atoms with Gasteiger partial charge in [-0.1, -0.05) is 30.3 Å². The van der Waals surface area contributed by atoms with Gasteiger partial charge in [-0.15, -0.1) is 0 Å². The van der Waals surface area contributed by atoms with Crippen LogP contribution in [0.1, 0.15) is 19.3 Å². The Bertz CT molecular complexity index is 776.